The van der Waals surface area contributed by atoms with Crippen LogP contribution in [0.15, 0.2) is 47.7 Å². The lowest BCUT2D eigenvalue weighted by Gasteiger charge is -2.15. The van der Waals surface area contributed by atoms with Gasteiger partial charge in [-0.3, -0.25) is 4.99 Å². The normalized spacial score (nSPS) is 11.9. The number of halogens is 1. The first-order chi connectivity index (χ1) is 14.0. The molecule has 0 radical (unpaired) electrons. The van der Waals surface area contributed by atoms with Crippen LogP contribution in [0.3, 0.4) is 0 Å². The maximum atomic E-state index is 11.8. The number of aromatic nitrogens is 2. The van der Waals surface area contributed by atoms with E-state index in [1.807, 2.05) is 23.9 Å². The van der Waals surface area contributed by atoms with Gasteiger partial charge in [0.15, 0.2) is 5.96 Å². The largest absolute Gasteiger partial charge is 0.357 e. The SMILES string of the molecule is CCNC(=NCCCN(C)S(=O)(=O)CC)NCCc1ccc(-n2cccn2)cc1.I. The summed E-state index contributed by atoms with van der Waals surface area (Å²) in [7, 11) is -1.51. The van der Waals surface area contributed by atoms with E-state index in [-0.39, 0.29) is 29.7 Å². The first-order valence-electron chi connectivity index (χ1n) is 10.0. The Morgan fingerprint density at radius 1 is 1.20 bits per heavy atom. The highest BCUT2D eigenvalue weighted by Crippen LogP contribution is 2.08. The number of nitrogens with zero attached hydrogens (tertiary/aromatic N) is 4. The molecule has 1 aromatic heterocycles. The number of hydrogen-bond acceptors (Lipinski definition) is 4. The molecule has 1 heterocycles. The molecule has 0 aliphatic rings. The third kappa shape index (κ3) is 8.60. The van der Waals surface area contributed by atoms with Gasteiger partial charge in [-0.2, -0.15) is 5.10 Å². The highest BCUT2D eigenvalue weighted by Gasteiger charge is 2.13. The molecule has 0 bridgehead atoms. The Labute approximate surface area is 197 Å². The lowest BCUT2D eigenvalue weighted by Crippen LogP contribution is -2.38. The Balaban J connectivity index is 0.00000450. The van der Waals surface area contributed by atoms with Crippen LogP contribution in [-0.4, -0.2) is 67.4 Å². The zero-order chi connectivity index (χ0) is 21.1. The minimum Gasteiger partial charge on any atom is -0.357 e. The molecule has 168 valence electrons. The molecule has 0 aliphatic carbocycles. The Kier molecular flexibility index (Phi) is 12.0. The molecule has 8 nitrogen and oxygen atoms in total. The van der Waals surface area contributed by atoms with Crippen molar-refractivity contribution in [3.63, 3.8) is 0 Å². The van der Waals surface area contributed by atoms with E-state index < -0.39 is 10.0 Å². The molecule has 2 rings (SSSR count). The fourth-order valence-corrected chi connectivity index (χ4v) is 3.60. The summed E-state index contributed by atoms with van der Waals surface area (Å²) in [5, 5.41) is 10.8. The predicted molar refractivity (Wildman–Crippen MR) is 133 cm³/mol. The van der Waals surface area contributed by atoms with Gasteiger partial charge in [0.05, 0.1) is 11.4 Å². The van der Waals surface area contributed by atoms with Crippen molar-refractivity contribution in [3.8, 4) is 5.69 Å². The fraction of sp³-hybridized carbons (Fsp3) is 0.500. The first-order valence-corrected chi connectivity index (χ1v) is 11.6. The van der Waals surface area contributed by atoms with Crippen LogP contribution >= 0.6 is 24.0 Å². The number of nitrogens with one attached hydrogen (secondary N) is 2. The number of rotatable bonds is 11. The smallest absolute Gasteiger partial charge is 0.213 e. The molecule has 2 N–H and O–H groups in total. The topological polar surface area (TPSA) is 91.6 Å². The van der Waals surface area contributed by atoms with Crippen LogP contribution < -0.4 is 10.6 Å². The monoisotopic (exact) mass is 548 g/mol. The molecule has 1 aromatic carbocycles. The van der Waals surface area contributed by atoms with Gasteiger partial charge in [-0.05, 0) is 50.5 Å². The van der Waals surface area contributed by atoms with Crippen LogP contribution in [0, 0.1) is 0 Å². The van der Waals surface area contributed by atoms with E-state index in [0.29, 0.717) is 19.5 Å². The summed E-state index contributed by atoms with van der Waals surface area (Å²) in [4.78, 5) is 4.53. The molecular weight excluding hydrogens is 515 g/mol. The van der Waals surface area contributed by atoms with Crippen LogP contribution in [-0.2, 0) is 16.4 Å². The number of benzene rings is 1. The van der Waals surface area contributed by atoms with Crippen molar-refractivity contribution in [2.45, 2.75) is 26.7 Å². The Bertz CT molecular complexity index is 854. The maximum absolute atomic E-state index is 11.8. The number of aliphatic imine (C=N–C) groups is 1. The van der Waals surface area contributed by atoms with E-state index in [2.05, 4.69) is 45.0 Å². The Hall–Kier alpha value is -1.66. The summed E-state index contributed by atoms with van der Waals surface area (Å²) in [5.41, 5.74) is 2.27. The summed E-state index contributed by atoms with van der Waals surface area (Å²) in [6.07, 6.45) is 5.24. The van der Waals surface area contributed by atoms with E-state index in [0.717, 1.165) is 31.2 Å². The Morgan fingerprint density at radius 2 is 1.93 bits per heavy atom. The van der Waals surface area contributed by atoms with Crippen molar-refractivity contribution >= 4 is 40.0 Å². The third-order valence-electron chi connectivity index (χ3n) is 4.50. The molecule has 2 aromatic rings. The van der Waals surface area contributed by atoms with Gasteiger partial charge in [0.2, 0.25) is 10.0 Å². The fourth-order valence-electron chi connectivity index (χ4n) is 2.75. The summed E-state index contributed by atoms with van der Waals surface area (Å²) in [5.74, 6) is 0.876. The second kappa shape index (κ2) is 13.6. The lowest BCUT2D eigenvalue weighted by atomic mass is 10.1. The molecule has 0 spiro atoms. The quantitative estimate of drug-likeness (QED) is 0.195. The molecule has 10 heteroatoms. The molecule has 0 fully saturated rings. The minimum atomic E-state index is -3.12. The molecule has 0 aliphatic heterocycles. The predicted octanol–water partition coefficient (Wildman–Crippen LogP) is 2.26. The van der Waals surface area contributed by atoms with Crippen molar-refractivity contribution in [3.05, 3.63) is 48.3 Å². The van der Waals surface area contributed by atoms with Crippen molar-refractivity contribution < 1.29 is 8.42 Å². The molecule has 0 amide bonds. The molecule has 0 unspecified atom stereocenters. The zero-order valence-corrected chi connectivity index (χ0v) is 21.1. The van der Waals surface area contributed by atoms with Crippen LogP contribution in [0.25, 0.3) is 5.69 Å². The van der Waals surface area contributed by atoms with Crippen LogP contribution in [0.2, 0.25) is 0 Å². The average Bonchev–Trinajstić information content (AvgIpc) is 3.26. The lowest BCUT2D eigenvalue weighted by molar-refractivity contribution is 0.465. The molecule has 0 atom stereocenters. The summed E-state index contributed by atoms with van der Waals surface area (Å²) >= 11 is 0. The minimum absolute atomic E-state index is 0. The van der Waals surface area contributed by atoms with Gasteiger partial charge in [-0.15, -0.1) is 24.0 Å². The van der Waals surface area contributed by atoms with E-state index >= 15 is 0 Å². The highest BCUT2D eigenvalue weighted by molar-refractivity contribution is 14.0. The standard InChI is InChI=1S/C20H32N6O2S.HI/c1-4-21-20(22-13-6-16-25(3)29(27,28)5-2)23-15-12-18-8-10-19(11-9-18)26-17-7-14-24-26;/h7-11,14,17H,4-6,12-13,15-16H2,1-3H3,(H2,21,22,23);1H. The number of sulfonamides is 1. The molecular formula is C20H33IN6O2S. The van der Waals surface area contributed by atoms with Gasteiger partial charge in [-0.1, -0.05) is 12.1 Å². The summed E-state index contributed by atoms with van der Waals surface area (Å²) in [6, 6.07) is 10.2. The van der Waals surface area contributed by atoms with E-state index in [1.54, 1.807) is 20.2 Å². The zero-order valence-electron chi connectivity index (χ0n) is 17.9. The molecule has 0 saturated heterocycles. The first kappa shape index (κ1) is 26.4. The van der Waals surface area contributed by atoms with E-state index in [4.69, 9.17) is 0 Å². The van der Waals surface area contributed by atoms with Gasteiger partial charge in [-0.25, -0.2) is 17.4 Å². The Morgan fingerprint density at radius 3 is 2.53 bits per heavy atom. The van der Waals surface area contributed by atoms with E-state index in [1.165, 1.54) is 9.87 Å². The van der Waals surface area contributed by atoms with Crippen molar-refractivity contribution in [2.75, 3.05) is 39.0 Å². The van der Waals surface area contributed by atoms with Crippen LogP contribution in [0.5, 0.6) is 0 Å². The maximum Gasteiger partial charge on any atom is 0.213 e. The number of hydrogen-bond donors (Lipinski definition) is 2. The van der Waals surface area contributed by atoms with Crippen LogP contribution in [0.4, 0.5) is 0 Å². The second-order valence-corrected chi connectivity index (χ2v) is 8.99. The number of guanidine groups is 1. The third-order valence-corrected chi connectivity index (χ3v) is 6.36. The van der Waals surface area contributed by atoms with Crippen LogP contribution in [0.1, 0.15) is 25.8 Å². The van der Waals surface area contributed by atoms with Crippen molar-refractivity contribution in [2.24, 2.45) is 4.99 Å². The summed E-state index contributed by atoms with van der Waals surface area (Å²) < 4.78 is 26.7. The van der Waals surface area contributed by atoms with Crippen molar-refractivity contribution in [1.82, 2.24) is 24.7 Å². The average molecular weight is 548 g/mol. The second-order valence-electron chi connectivity index (χ2n) is 6.63. The van der Waals surface area contributed by atoms with Gasteiger partial charge in [0.1, 0.15) is 0 Å². The highest BCUT2D eigenvalue weighted by atomic mass is 127. The van der Waals surface area contributed by atoms with Gasteiger partial charge < -0.3 is 10.6 Å². The molecule has 0 saturated carbocycles. The van der Waals surface area contributed by atoms with Gasteiger partial charge in [0.25, 0.3) is 0 Å². The van der Waals surface area contributed by atoms with Crippen molar-refractivity contribution in [1.29, 1.82) is 0 Å². The van der Waals surface area contributed by atoms with E-state index in [9.17, 15) is 8.42 Å². The van der Waals surface area contributed by atoms with Gasteiger partial charge >= 0.3 is 0 Å². The van der Waals surface area contributed by atoms with Gasteiger partial charge in [0, 0.05) is 45.6 Å². The molecule has 30 heavy (non-hydrogen) atoms. The summed E-state index contributed by atoms with van der Waals surface area (Å²) in [6.45, 7) is 6.25.